The monoisotopic (exact) mass is 622 g/mol. The van der Waals surface area contributed by atoms with Gasteiger partial charge in [0.1, 0.15) is 11.6 Å². The van der Waals surface area contributed by atoms with Crippen molar-refractivity contribution in [1.29, 1.82) is 0 Å². The van der Waals surface area contributed by atoms with Gasteiger partial charge in [-0.2, -0.15) is 0 Å². The maximum Gasteiger partial charge on any atom is 0.231 e. The predicted octanol–water partition coefficient (Wildman–Crippen LogP) is 3.86. The Kier molecular flexibility index (Phi) is 9.51. The second-order valence-corrected chi connectivity index (χ2v) is 12.9. The van der Waals surface area contributed by atoms with E-state index in [1.54, 1.807) is 6.20 Å². The zero-order chi connectivity index (χ0) is 31.6. The van der Waals surface area contributed by atoms with Crippen molar-refractivity contribution in [2.45, 2.75) is 44.7 Å². The smallest absolute Gasteiger partial charge is 0.231 e. The number of carbonyl (C=O) groups excluding carboxylic acids is 1. The van der Waals surface area contributed by atoms with Crippen LogP contribution in [0.25, 0.3) is 0 Å². The van der Waals surface area contributed by atoms with Crippen LogP contribution >= 0.6 is 0 Å². The normalized spacial score (nSPS) is 22.6. The van der Waals surface area contributed by atoms with Crippen LogP contribution in [0.2, 0.25) is 0 Å². The average Bonchev–Trinajstić information content (AvgIpc) is 3.68. The van der Waals surface area contributed by atoms with Gasteiger partial charge in [0.25, 0.3) is 0 Å². The summed E-state index contributed by atoms with van der Waals surface area (Å²) < 4.78 is 36.6. The summed E-state index contributed by atoms with van der Waals surface area (Å²) in [6.07, 6.45) is 5.30. The van der Waals surface area contributed by atoms with E-state index in [0.29, 0.717) is 50.9 Å². The number of aromatic nitrogens is 2. The van der Waals surface area contributed by atoms with Gasteiger partial charge in [-0.15, -0.1) is 0 Å². The first-order valence-corrected chi connectivity index (χ1v) is 16.0. The number of benzene rings is 2. The fourth-order valence-electron chi connectivity index (χ4n) is 7.20. The highest BCUT2D eigenvalue weighted by Crippen LogP contribution is 2.41. The van der Waals surface area contributed by atoms with Crippen LogP contribution in [0.5, 0.6) is 0 Å². The van der Waals surface area contributed by atoms with Crippen LogP contribution in [0.1, 0.15) is 42.4 Å². The van der Waals surface area contributed by atoms with Gasteiger partial charge in [-0.05, 0) is 68.6 Å². The lowest BCUT2D eigenvalue weighted by Crippen LogP contribution is -2.53. The van der Waals surface area contributed by atoms with Gasteiger partial charge < -0.3 is 24.2 Å². The number of nitrogens with zero attached hydrogens (tertiary/aromatic N) is 5. The number of amides is 1. The molecule has 3 saturated heterocycles. The molecule has 6 rings (SSSR count). The number of β-amino-alcohol motifs (C(OH)–C–C–N with tert-alkyl or cyclic N) is 1. The van der Waals surface area contributed by atoms with Gasteiger partial charge in [-0.3, -0.25) is 15.0 Å². The van der Waals surface area contributed by atoms with E-state index in [2.05, 4.69) is 57.0 Å². The van der Waals surface area contributed by atoms with E-state index >= 15 is 4.39 Å². The summed E-state index contributed by atoms with van der Waals surface area (Å²) in [4.78, 5) is 25.5. The van der Waals surface area contributed by atoms with Crippen molar-refractivity contribution in [3.8, 4) is 0 Å². The number of likely N-dealkylation sites (tertiary alicyclic amines) is 2. The highest BCUT2D eigenvalue weighted by atomic mass is 19.1. The molecule has 11 heteroatoms. The third-order valence-corrected chi connectivity index (χ3v) is 10.0. The minimum absolute atomic E-state index is 0.128. The van der Waals surface area contributed by atoms with Crippen LogP contribution in [0.15, 0.2) is 48.8 Å². The number of hydrogen-bond acceptors (Lipinski definition) is 7. The van der Waals surface area contributed by atoms with E-state index in [9.17, 15) is 14.3 Å². The Balaban J connectivity index is 1.22. The number of piperidine rings is 1. The number of aryl methyl sites for hydroxylation is 1. The van der Waals surface area contributed by atoms with Crippen LogP contribution < -0.4 is 10.2 Å². The minimum Gasteiger partial charge on any atom is -0.395 e. The molecule has 0 radical (unpaired) electrons. The van der Waals surface area contributed by atoms with E-state index in [1.807, 2.05) is 10.8 Å². The molecule has 1 unspecified atom stereocenters. The molecule has 0 saturated carbocycles. The van der Waals surface area contributed by atoms with Crippen molar-refractivity contribution in [3.63, 3.8) is 0 Å². The first kappa shape index (κ1) is 31.6. The molecule has 3 fully saturated rings. The molecule has 0 bridgehead atoms. The topological polar surface area (TPSA) is 86.1 Å². The SMILES string of the molecule is Cc1ccc(Cn2ccnc2NC(=O)C2CN(C3(C)CCN(CCO)CC3)C[C@H]2c2ccc(F)cc2F)c(N2CCOCC2)c1. The highest BCUT2D eigenvalue weighted by Gasteiger charge is 2.47. The van der Waals surface area contributed by atoms with Gasteiger partial charge in [0, 0.05) is 68.3 Å². The average molecular weight is 623 g/mol. The Morgan fingerprint density at radius 3 is 2.60 bits per heavy atom. The fraction of sp³-hybridized carbons (Fsp3) is 0.529. The lowest BCUT2D eigenvalue weighted by atomic mass is 9.87. The Bertz CT molecular complexity index is 1480. The first-order chi connectivity index (χ1) is 21.7. The van der Waals surface area contributed by atoms with E-state index in [4.69, 9.17) is 4.74 Å². The molecule has 3 aliphatic rings. The third-order valence-electron chi connectivity index (χ3n) is 10.0. The maximum absolute atomic E-state index is 15.2. The summed E-state index contributed by atoms with van der Waals surface area (Å²) in [6, 6.07) is 10.1. The molecule has 3 aliphatic heterocycles. The first-order valence-electron chi connectivity index (χ1n) is 16.0. The van der Waals surface area contributed by atoms with Crippen molar-refractivity contribution in [2.75, 3.05) is 75.9 Å². The van der Waals surface area contributed by atoms with Gasteiger partial charge in [0.15, 0.2) is 0 Å². The second kappa shape index (κ2) is 13.5. The molecule has 3 aromatic rings. The fourth-order valence-corrected chi connectivity index (χ4v) is 7.20. The number of halogens is 2. The highest BCUT2D eigenvalue weighted by molar-refractivity contribution is 5.92. The molecule has 242 valence electrons. The van der Waals surface area contributed by atoms with Gasteiger partial charge >= 0.3 is 0 Å². The number of imidazole rings is 1. The molecule has 2 aromatic carbocycles. The summed E-state index contributed by atoms with van der Waals surface area (Å²) in [5.41, 5.74) is 3.64. The zero-order valence-corrected chi connectivity index (χ0v) is 26.2. The summed E-state index contributed by atoms with van der Waals surface area (Å²) >= 11 is 0. The number of aliphatic hydroxyl groups excluding tert-OH is 1. The minimum atomic E-state index is -0.634. The summed E-state index contributed by atoms with van der Waals surface area (Å²) in [5.74, 6) is -2.04. The molecule has 1 aromatic heterocycles. The van der Waals surface area contributed by atoms with Crippen LogP contribution in [0.3, 0.4) is 0 Å². The second-order valence-electron chi connectivity index (χ2n) is 12.9. The summed E-state index contributed by atoms with van der Waals surface area (Å²) in [6.45, 7) is 11.3. The van der Waals surface area contributed by atoms with Crippen LogP contribution in [0.4, 0.5) is 20.4 Å². The molecular weight excluding hydrogens is 578 g/mol. The van der Waals surface area contributed by atoms with Crippen LogP contribution in [-0.4, -0.2) is 102 Å². The largest absolute Gasteiger partial charge is 0.395 e. The van der Waals surface area contributed by atoms with Crippen molar-refractivity contribution in [1.82, 2.24) is 19.4 Å². The maximum atomic E-state index is 15.2. The van der Waals surface area contributed by atoms with Crippen LogP contribution in [-0.2, 0) is 16.1 Å². The lowest BCUT2D eigenvalue weighted by Gasteiger charge is -2.45. The number of aliphatic hydroxyl groups is 1. The number of carbonyl (C=O) groups is 1. The molecule has 4 heterocycles. The summed E-state index contributed by atoms with van der Waals surface area (Å²) in [5, 5.41) is 12.5. The van der Waals surface area contributed by atoms with Crippen molar-refractivity contribution >= 4 is 17.5 Å². The summed E-state index contributed by atoms with van der Waals surface area (Å²) in [7, 11) is 0. The van der Waals surface area contributed by atoms with E-state index < -0.39 is 23.5 Å². The van der Waals surface area contributed by atoms with Crippen molar-refractivity contribution in [2.24, 2.45) is 5.92 Å². The molecule has 0 spiro atoms. The number of anilines is 2. The molecule has 1 amide bonds. The van der Waals surface area contributed by atoms with Crippen molar-refractivity contribution in [3.05, 3.63) is 77.1 Å². The lowest BCUT2D eigenvalue weighted by molar-refractivity contribution is -0.120. The molecule has 0 aliphatic carbocycles. The van der Waals surface area contributed by atoms with Gasteiger partial charge in [-0.1, -0.05) is 18.2 Å². The van der Waals surface area contributed by atoms with E-state index in [-0.39, 0.29) is 18.1 Å². The van der Waals surface area contributed by atoms with E-state index in [1.165, 1.54) is 17.7 Å². The number of rotatable bonds is 9. The predicted molar refractivity (Wildman–Crippen MR) is 169 cm³/mol. The molecule has 2 N–H and O–H groups in total. The zero-order valence-electron chi connectivity index (χ0n) is 26.2. The number of hydrogen-bond donors (Lipinski definition) is 2. The van der Waals surface area contributed by atoms with Gasteiger partial charge in [0.2, 0.25) is 11.9 Å². The number of morpholine rings is 1. The number of nitrogens with one attached hydrogen (secondary N) is 1. The molecule has 45 heavy (non-hydrogen) atoms. The third kappa shape index (κ3) is 6.91. The Morgan fingerprint density at radius 2 is 1.87 bits per heavy atom. The quantitative estimate of drug-likeness (QED) is 0.375. The number of ether oxygens (including phenoxy) is 1. The van der Waals surface area contributed by atoms with Gasteiger partial charge in [0.05, 0.1) is 32.3 Å². The standard InChI is InChI=1S/C34H44F2N6O3/c1-24-3-4-25(31(19-24)40-14-17-45-18-15-40)21-41-12-9-37-33(41)38-32(44)29-23-42(34(2)7-10-39(11-8-34)13-16-43)22-28(29)27-6-5-26(35)20-30(27)36/h3-6,9,12,19-20,28-29,43H,7-8,10-11,13-18,21-23H2,1-2H3,(H,37,38,44)/t28-,29?/m0/s1. The molecule has 2 atom stereocenters. The Hall–Kier alpha value is -3.38. The van der Waals surface area contributed by atoms with Crippen LogP contribution in [0, 0.1) is 24.5 Å². The van der Waals surface area contributed by atoms with Crippen molar-refractivity contribution < 1.29 is 23.4 Å². The molecular formula is C34H44F2N6O3. The molecule has 9 nitrogen and oxygen atoms in total. The Morgan fingerprint density at radius 1 is 1.09 bits per heavy atom. The van der Waals surface area contributed by atoms with E-state index in [0.717, 1.165) is 56.3 Å². The van der Waals surface area contributed by atoms with Gasteiger partial charge in [-0.25, -0.2) is 13.8 Å². The Labute approximate surface area is 263 Å².